The summed E-state index contributed by atoms with van der Waals surface area (Å²) in [6.07, 6.45) is 0. The average molecular weight is 231 g/mol. The van der Waals surface area contributed by atoms with Crippen LogP contribution in [-0.4, -0.2) is 11.7 Å². The van der Waals surface area contributed by atoms with E-state index in [1.807, 2.05) is 6.07 Å². The quantitative estimate of drug-likeness (QED) is 0.713. The molecule has 0 fully saturated rings. The Morgan fingerprint density at radius 2 is 2.17 bits per heavy atom. The summed E-state index contributed by atoms with van der Waals surface area (Å²) in [5.74, 6) is 0.191. The predicted octanol–water partition coefficient (Wildman–Crippen LogP) is 1.11. The monoisotopic (exact) mass is 230 g/mol. The zero-order valence-corrected chi connectivity index (χ0v) is 8.08. The number of aromatic hydroxyl groups is 1. The van der Waals surface area contributed by atoms with Gasteiger partial charge >= 0.3 is 0 Å². The summed E-state index contributed by atoms with van der Waals surface area (Å²) >= 11 is 3.18. The highest BCUT2D eigenvalue weighted by Crippen LogP contribution is 2.25. The van der Waals surface area contributed by atoms with E-state index in [1.165, 1.54) is 0 Å². The van der Waals surface area contributed by atoms with E-state index in [0.29, 0.717) is 11.0 Å². The van der Waals surface area contributed by atoms with Crippen LogP contribution < -0.4 is 11.5 Å². The van der Waals surface area contributed by atoms with Gasteiger partial charge in [0.2, 0.25) is 0 Å². The van der Waals surface area contributed by atoms with Gasteiger partial charge in [-0.2, -0.15) is 0 Å². The largest absolute Gasteiger partial charge is 0.507 e. The lowest BCUT2D eigenvalue weighted by Crippen LogP contribution is -2.20. The number of phenols is 1. The topological polar surface area (TPSA) is 72.3 Å². The third kappa shape index (κ3) is 1.97. The third-order valence-corrected chi connectivity index (χ3v) is 2.32. The lowest BCUT2D eigenvalue weighted by atomic mass is 10.1. The second kappa shape index (κ2) is 3.89. The van der Waals surface area contributed by atoms with Crippen LogP contribution in [0, 0.1) is 0 Å². The van der Waals surface area contributed by atoms with Gasteiger partial charge < -0.3 is 16.6 Å². The normalized spacial score (nSPS) is 12.9. The lowest BCUT2D eigenvalue weighted by molar-refractivity contribution is 0.470. The van der Waals surface area contributed by atoms with Gasteiger partial charge in [-0.05, 0) is 33.6 Å². The summed E-state index contributed by atoms with van der Waals surface area (Å²) < 4.78 is 0.662. The molecular formula is C8H11BrN2O. The van der Waals surface area contributed by atoms with E-state index in [9.17, 15) is 5.11 Å². The highest BCUT2D eigenvalue weighted by molar-refractivity contribution is 9.10. The Morgan fingerprint density at radius 1 is 1.50 bits per heavy atom. The number of benzene rings is 1. The first kappa shape index (κ1) is 9.51. The van der Waals surface area contributed by atoms with Crippen LogP contribution in [0.1, 0.15) is 11.6 Å². The van der Waals surface area contributed by atoms with Crippen molar-refractivity contribution >= 4 is 15.9 Å². The van der Waals surface area contributed by atoms with Crippen LogP contribution in [-0.2, 0) is 0 Å². The second-order valence-electron chi connectivity index (χ2n) is 2.55. The van der Waals surface area contributed by atoms with Gasteiger partial charge in [0.1, 0.15) is 5.75 Å². The van der Waals surface area contributed by atoms with E-state index in [4.69, 9.17) is 11.5 Å². The van der Waals surface area contributed by atoms with Gasteiger partial charge in [-0.3, -0.25) is 0 Å². The minimum atomic E-state index is -0.205. The smallest absolute Gasteiger partial charge is 0.130 e. The molecule has 1 atom stereocenters. The number of hydrogen-bond donors (Lipinski definition) is 3. The van der Waals surface area contributed by atoms with Crippen molar-refractivity contribution in [1.82, 2.24) is 0 Å². The maximum atomic E-state index is 9.30. The highest BCUT2D eigenvalue weighted by atomic mass is 79.9. The molecule has 1 rings (SSSR count). The van der Waals surface area contributed by atoms with Gasteiger partial charge in [-0.25, -0.2) is 0 Å². The highest BCUT2D eigenvalue weighted by Gasteiger charge is 2.05. The minimum Gasteiger partial charge on any atom is -0.507 e. The number of phenolic OH excluding ortho intramolecular Hbond substituents is 1. The molecule has 0 spiro atoms. The summed E-state index contributed by atoms with van der Waals surface area (Å²) in [6.45, 7) is 0.376. The standard InChI is InChI=1S/C8H11BrN2O/c9-6-2-1-5(3-8(6)12)7(11)4-10/h1-3,7,12H,4,10-11H2/t7-/m0/s1. The van der Waals surface area contributed by atoms with Crippen molar-refractivity contribution < 1.29 is 5.11 Å². The van der Waals surface area contributed by atoms with Crippen molar-refractivity contribution in [2.24, 2.45) is 11.5 Å². The van der Waals surface area contributed by atoms with Crippen molar-refractivity contribution in [3.05, 3.63) is 28.2 Å². The molecule has 0 saturated heterocycles. The van der Waals surface area contributed by atoms with E-state index in [-0.39, 0.29) is 11.8 Å². The Balaban J connectivity index is 2.96. The summed E-state index contributed by atoms with van der Waals surface area (Å²) in [5, 5.41) is 9.30. The second-order valence-corrected chi connectivity index (χ2v) is 3.41. The van der Waals surface area contributed by atoms with Crippen molar-refractivity contribution in [2.75, 3.05) is 6.54 Å². The van der Waals surface area contributed by atoms with Gasteiger partial charge in [0.05, 0.1) is 4.47 Å². The average Bonchev–Trinajstić information content (AvgIpc) is 2.08. The van der Waals surface area contributed by atoms with Crippen LogP contribution in [0.2, 0.25) is 0 Å². The number of halogens is 1. The van der Waals surface area contributed by atoms with Crippen molar-refractivity contribution in [2.45, 2.75) is 6.04 Å². The molecule has 3 nitrogen and oxygen atoms in total. The Hall–Kier alpha value is -0.580. The summed E-state index contributed by atoms with van der Waals surface area (Å²) in [7, 11) is 0. The molecule has 0 aliphatic heterocycles. The van der Waals surface area contributed by atoms with Crippen LogP contribution in [0.15, 0.2) is 22.7 Å². The zero-order valence-electron chi connectivity index (χ0n) is 6.50. The fourth-order valence-electron chi connectivity index (χ4n) is 0.896. The molecule has 1 aromatic carbocycles. The molecule has 4 heteroatoms. The summed E-state index contributed by atoms with van der Waals surface area (Å²) in [6, 6.07) is 4.99. The third-order valence-electron chi connectivity index (χ3n) is 1.65. The molecule has 0 saturated carbocycles. The Labute approximate surface area is 79.5 Å². The fraction of sp³-hybridized carbons (Fsp3) is 0.250. The lowest BCUT2D eigenvalue weighted by Gasteiger charge is -2.09. The van der Waals surface area contributed by atoms with E-state index >= 15 is 0 Å². The molecular weight excluding hydrogens is 220 g/mol. The Bertz CT molecular complexity index is 278. The summed E-state index contributed by atoms with van der Waals surface area (Å²) in [5.41, 5.74) is 11.9. The van der Waals surface area contributed by atoms with Crippen LogP contribution in [0.5, 0.6) is 5.75 Å². The predicted molar refractivity (Wildman–Crippen MR) is 51.8 cm³/mol. The van der Waals surface area contributed by atoms with Crippen molar-refractivity contribution in [3.63, 3.8) is 0 Å². The van der Waals surface area contributed by atoms with Crippen molar-refractivity contribution in [3.8, 4) is 5.75 Å². The fourth-order valence-corrected chi connectivity index (χ4v) is 1.14. The van der Waals surface area contributed by atoms with Crippen molar-refractivity contribution in [1.29, 1.82) is 0 Å². The number of nitrogens with two attached hydrogens (primary N) is 2. The molecule has 0 amide bonds. The van der Waals surface area contributed by atoms with E-state index in [2.05, 4.69) is 15.9 Å². The molecule has 0 bridgehead atoms. The molecule has 0 radical (unpaired) electrons. The first-order chi connectivity index (χ1) is 5.65. The van der Waals surface area contributed by atoms with Gasteiger partial charge in [0, 0.05) is 12.6 Å². The van der Waals surface area contributed by atoms with Gasteiger partial charge in [0.15, 0.2) is 0 Å². The maximum Gasteiger partial charge on any atom is 0.130 e. The van der Waals surface area contributed by atoms with E-state index < -0.39 is 0 Å². The molecule has 5 N–H and O–H groups in total. The molecule has 12 heavy (non-hydrogen) atoms. The van der Waals surface area contributed by atoms with Gasteiger partial charge in [-0.1, -0.05) is 6.07 Å². The zero-order chi connectivity index (χ0) is 9.14. The number of rotatable bonds is 2. The summed E-state index contributed by atoms with van der Waals surface area (Å²) in [4.78, 5) is 0. The van der Waals surface area contributed by atoms with Crippen LogP contribution in [0.4, 0.5) is 0 Å². The molecule has 0 aromatic heterocycles. The molecule has 0 aliphatic rings. The molecule has 1 aromatic rings. The molecule has 66 valence electrons. The SMILES string of the molecule is NC[C@H](N)c1ccc(Br)c(O)c1. The van der Waals surface area contributed by atoms with Gasteiger partial charge in [0.25, 0.3) is 0 Å². The van der Waals surface area contributed by atoms with Crippen LogP contribution in [0.25, 0.3) is 0 Å². The first-order valence-electron chi connectivity index (χ1n) is 3.59. The van der Waals surface area contributed by atoms with Gasteiger partial charge in [-0.15, -0.1) is 0 Å². The minimum absolute atomic E-state index is 0.191. The van der Waals surface area contributed by atoms with Crippen LogP contribution in [0.3, 0.4) is 0 Å². The Kier molecular flexibility index (Phi) is 3.08. The van der Waals surface area contributed by atoms with Crippen LogP contribution >= 0.6 is 15.9 Å². The maximum absolute atomic E-state index is 9.30. The first-order valence-corrected chi connectivity index (χ1v) is 4.38. The molecule has 0 heterocycles. The van der Waals surface area contributed by atoms with E-state index in [1.54, 1.807) is 12.1 Å². The number of hydrogen-bond acceptors (Lipinski definition) is 3. The molecule has 0 unspecified atom stereocenters. The Morgan fingerprint density at radius 3 is 2.67 bits per heavy atom. The molecule has 0 aliphatic carbocycles. The van der Waals surface area contributed by atoms with E-state index in [0.717, 1.165) is 5.56 Å².